The molecule has 0 radical (unpaired) electrons. The van der Waals surface area contributed by atoms with Crippen molar-refractivity contribution in [1.82, 2.24) is 0 Å². The van der Waals surface area contributed by atoms with Gasteiger partial charge in [0.1, 0.15) is 19.3 Å². The van der Waals surface area contributed by atoms with Crippen LogP contribution in [0.25, 0.3) is 0 Å². The topological polar surface area (TPSA) is 237 Å². The number of unbranched alkanes of at least 4 members (excludes halogenated alkanes) is 40. The lowest BCUT2D eigenvalue weighted by Gasteiger charge is -2.21. The molecule has 0 fully saturated rings. The van der Waals surface area contributed by atoms with Crippen molar-refractivity contribution in [3.05, 3.63) is 24.3 Å². The Bertz CT molecular complexity index is 2000. The molecule has 0 amide bonds. The Hall–Kier alpha value is -2.46. The number of ether oxygens (including phenoxy) is 4. The normalized spacial score (nSPS) is 14.2. The summed E-state index contributed by atoms with van der Waals surface area (Å²) in [5.41, 5.74) is 0. The summed E-state index contributed by atoms with van der Waals surface area (Å²) in [6.45, 7) is 11.8. The minimum atomic E-state index is -4.96. The second-order valence-corrected chi connectivity index (χ2v) is 32.1. The Balaban J connectivity index is 5.27. The van der Waals surface area contributed by atoms with E-state index < -0.39 is 97.5 Å². The third-order valence-corrected chi connectivity index (χ3v) is 19.7. The number of esters is 4. The lowest BCUT2D eigenvalue weighted by Crippen LogP contribution is -2.30. The molecule has 98 heavy (non-hydrogen) atoms. The predicted molar refractivity (Wildman–Crippen MR) is 400 cm³/mol. The van der Waals surface area contributed by atoms with Gasteiger partial charge in [0.15, 0.2) is 12.2 Å². The molecule has 0 heterocycles. The smallest absolute Gasteiger partial charge is 0.462 e. The summed E-state index contributed by atoms with van der Waals surface area (Å²) in [6, 6.07) is 0. The maximum atomic E-state index is 13.1. The third kappa shape index (κ3) is 71.9. The molecular weight excluding hydrogens is 1280 g/mol. The summed E-state index contributed by atoms with van der Waals surface area (Å²) >= 11 is 0. The van der Waals surface area contributed by atoms with E-state index in [2.05, 4.69) is 72.8 Å². The maximum absolute atomic E-state index is 13.1. The molecule has 5 atom stereocenters. The van der Waals surface area contributed by atoms with Gasteiger partial charge >= 0.3 is 39.5 Å². The molecule has 0 aliphatic heterocycles. The number of hydrogen-bond acceptors (Lipinski definition) is 15. The fourth-order valence-corrected chi connectivity index (χ4v) is 13.2. The van der Waals surface area contributed by atoms with Crippen molar-refractivity contribution in [2.45, 2.75) is 401 Å². The highest BCUT2D eigenvalue weighted by Crippen LogP contribution is 2.45. The summed E-state index contributed by atoms with van der Waals surface area (Å²) in [5, 5.41) is 10.6. The highest BCUT2D eigenvalue weighted by molar-refractivity contribution is 7.47. The first kappa shape index (κ1) is 95.5. The molecule has 0 aromatic rings. The van der Waals surface area contributed by atoms with E-state index in [1.54, 1.807) is 0 Å². The first-order valence-electron chi connectivity index (χ1n) is 40.2. The zero-order valence-electron chi connectivity index (χ0n) is 63.7. The number of carbonyl (C=O) groups is 4. The second-order valence-electron chi connectivity index (χ2n) is 29.2. The molecule has 3 N–H and O–H groups in total. The van der Waals surface area contributed by atoms with E-state index in [1.807, 2.05) is 0 Å². The first-order chi connectivity index (χ1) is 47.2. The maximum Gasteiger partial charge on any atom is 0.472 e. The van der Waals surface area contributed by atoms with E-state index >= 15 is 0 Å². The van der Waals surface area contributed by atoms with Gasteiger partial charge in [-0.1, -0.05) is 330 Å². The van der Waals surface area contributed by atoms with Crippen LogP contribution in [0.15, 0.2) is 24.3 Å². The van der Waals surface area contributed by atoms with Gasteiger partial charge in [0.2, 0.25) is 0 Å². The molecule has 0 aromatic heterocycles. The Kier molecular flexibility index (Phi) is 67.2. The molecular formula is C79H150O17P2. The van der Waals surface area contributed by atoms with Crippen molar-refractivity contribution in [3.8, 4) is 0 Å². The van der Waals surface area contributed by atoms with Gasteiger partial charge in [-0.15, -0.1) is 0 Å². The molecule has 19 heteroatoms. The summed E-state index contributed by atoms with van der Waals surface area (Å²) in [6.07, 6.45) is 59.2. The van der Waals surface area contributed by atoms with Crippen LogP contribution in [0.4, 0.5) is 0 Å². The van der Waals surface area contributed by atoms with Gasteiger partial charge in [0, 0.05) is 25.7 Å². The van der Waals surface area contributed by atoms with E-state index in [0.29, 0.717) is 31.6 Å². The summed E-state index contributed by atoms with van der Waals surface area (Å²) in [4.78, 5) is 72.9. The van der Waals surface area contributed by atoms with Crippen molar-refractivity contribution in [3.63, 3.8) is 0 Å². The van der Waals surface area contributed by atoms with Crippen molar-refractivity contribution in [2.75, 3.05) is 39.6 Å². The van der Waals surface area contributed by atoms with Gasteiger partial charge < -0.3 is 33.8 Å². The average Bonchev–Trinajstić information content (AvgIpc) is 0.926. The Morgan fingerprint density at radius 2 is 0.551 bits per heavy atom. The van der Waals surface area contributed by atoms with Crippen molar-refractivity contribution in [2.24, 2.45) is 17.8 Å². The molecule has 17 nitrogen and oxygen atoms in total. The number of rotatable bonds is 75. The number of hydrogen-bond donors (Lipinski definition) is 3. The molecule has 578 valence electrons. The van der Waals surface area contributed by atoms with Crippen LogP contribution >= 0.6 is 15.6 Å². The van der Waals surface area contributed by atoms with Gasteiger partial charge in [-0.2, -0.15) is 0 Å². The largest absolute Gasteiger partial charge is 0.472 e. The highest BCUT2D eigenvalue weighted by Gasteiger charge is 2.30. The van der Waals surface area contributed by atoms with Gasteiger partial charge in [-0.05, 0) is 69.1 Å². The van der Waals surface area contributed by atoms with Crippen LogP contribution in [0.2, 0.25) is 0 Å². The molecule has 0 bridgehead atoms. The van der Waals surface area contributed by atoms with Crippen molar-refractivity contribution < 1.29 is 80.2 Å². The SMILES string of the molecule is CCCCCC/C=C\C=C/CCCCCCCC(=O)O[C@H](COC(=O)CCCCCCCCC(C)C)COP(=O)(O)OC[C@H](O)COP(=O)(O)OC[C@@H](COC(=O)CCCCCCCCCCCCCCCCC(C)C)OC(=O)CCCCCCCCCCCCCCCCC(C)C. The Morgan fingerprint density at radius 3 is 0.827 bits per heavy atom. The fraction of sp³-hybridized carbons (Fsp3) is 0.899. The molecule has 0 aromatic carbocycles. The van der Waals surface area contributed by atoms with Gasteiger partial charge in [-0.3, -0.25) is 37.3 Å². The van der Waals surface area contributed by atoms with Gasteiger partial charge in [0.25, 0.3) is 0 Å². The second kappa shape index (κ2) is 68.9. The molecule has 0 rings (SSSR count). The fourth-order valence-electron chi connectivity index (χ4n) is 11.6. The number of allylic oxidation sites excluding steroid dienone is 4. The molecule has 0 saturated carbocycles. The lowest BCUT2D eigenvalue weighted by atomic mass is 10.0. The van der Waals surface area contributed by atoms with E-state index in [4.69, 9.17) is 37.0 Å². The average molecular weight is 1430 g/mol. The zero-order valence-corrected chi connectivity index (χ0v) is 65.5. The first-order valence-corrected chi connectivity index (χ1v) is 43.2. The summed E-state index contributed by atoms with van der Waals surface area (Å²) < 4.78 is 68.6. The highest BCUT2D eigenvalue weighted by atomic mass is 31.2. The van der Waals surface area contributed by atoms with E-state index in [1.165, 1.54) is 173 Å². The van der Waals surface area contributed by atoms with E-state index in [0.717, 1.165) is 121 Å². The molecule has 0 aliphatic carbocycles. The van der Waals surface area contributed by atoms with Crippen LogP contribution in [0.1, 0.15) is 382 Å². The molecule has 0 aliphatic rings. The number of aliphatic hydroxyl groups is 1. The monoisotopic (exact) mass is 1430 g/mol. The van der Waals surface area contributed by atoms with Crippen molar-refractivity contribution in [1.29, 1.82) is 0 Å². The molecule has 0 saturated heterocycles. The summed E-state index contributed by atoms with van der Waals surface area (Å²) in [7, 11) is -9.93. The standard InChI is InChI=1S/C79H150O17P2/c1-8-9-10-11-12-13-14-15-16-24-29-34-39-48-55-63-79(84)96-75(67-90-77(82)61-54-47-42-41-45-52-59-72(6)7)69-94-98(87,88)92-65-73(80)64-91-97(85,86)93-68-74(95-78(83)62-56-49-40-35-30-25-20-18-22-27-32-37-44-51-58-71(4)5)66-89-76(81)60-53-46-38-33-28-23-19-17-21-26-31-36-43-50-57-70(2)3/h13-16,70-75,80H,8-12,17-69H2,1-7H3,(H,85,86)(H,87,88)/b14-13-,16-15-/t73-,74-,75-/m1/s1. The van der Waals surface area contributed by atoms with Crippen LogP contribution in [0.5, 0.6) is 0 Å². The van der Waals surface area contributed by atoms with Gasteiger partial charge in [0.05, 0.1) is 26.4 Å². The van der Waals surface area contributed by atoms with Gasteiger partial charge in [-0.25, -0.2) is 9.13 Å². The molecule has 0 spiro atoms. The number of phosphoric acid groups is 2. The predicted octanol–water partition coefficient (Wildman–Crippen LogP) is 22.9. The minimum Gasteiger partial charge on any atom is -0.462 e. The van der Waals surface area contributed by atoms with Crippen LogP contribution < -0.4 is 0 Å². The van der Waals surface area contributed by atoms with Crippen molar-refractivity contribution >= 4 is 39.5 Å². The lowest BCUT2D eigenvalue weighted by molar-refractivity contribution is -0.161. The number of aliphatic hydroxyl groups excluding tert-OH is 1. The third-order valence-electron chi connectivity index (χ3n) is 17.8. The van der Waals surface area contributed by atoms with Crippen LogP contribution in [0.3, 0.4) is 0 Å². The van der Waals surface area contributed by atoms with Crippen LogP contribution in [-0.2, 0) is 65.4 Å². The van der Waals surface area contributed by atoms with E-state index in [9.17, 15) is 43.2 Å². The van der Waals surface area contributed by atoms with Crippen LogP contribution in [0, 0.1) is 17.8 Å². The Morgan fingerprint density at radius 1 is 0.316 bits per heavy atom. The van der Waals surface area contributed by atoms with Crippen LogP contribution in [-0.4, -0.2) is 96.7 Å². The Labute approximate surface area is 599 Å². The molecule has 2 unspecified atom stereocenters. The summed E-state index contributed by atoms with van der Waals surface area (Å²) in [5.74, 6) is 0.121. The van der Waals surface area contributed by atoms with E-state index in [-0.39, 0.29) is 25.7 Å². The number of carbonyl (C=O) groups excluding carboxylic acids is 4. The number of phosphoric ester groups is 2. The zero-order chi connectivity index (χ0) is 72.3. The minimum absolute atomic E-state index is 0.0838. The quantitative estimate of drug-likeness (QED) is 0.0169.